The van der Waals surface area contributed by atoms with Gasteiger partial charge in [0.15, 0.2) is 0 Å². The fourth-order valence-corrected chi connectivity index (χ4v) is 8.14. The molecular formula is C25H38N2O. The van der Waals surface area contributed by atoms with Crippen molar-refractivity contribution in [2.75, 3.05) is 0 Å². The van der Waals surface area contributed by atoms with Crippen molar-refractivity contribution >= 4 is 6.08 Å². The van der Waals surface area contributed by atoms with Crippen LogP contribution in [0.4, 0.5) is 0 Å². The van der Waals surface area contributed by atoms with E-state index in [9.17, 15) is 5.11 Å². The number of hydrogen-bond donors (Lipinski definition) is 1. The summed E-state index contributed by atoms with van der Waals surface area (Å²) in [5, 5.41) is 15.8. The van der Waals surface area contributed by atoms with Gasteiger partial charge in [0.2, 0.25) is 0 Å². The summed E-state index contributed by atoms with van der Waals surface area (Å²) in [6.45, 7) is 8.05. The Kier molecular flexibility index (Phi) is 4.54. The third-order valence-corrected chi connectivity index (χ3v) is 9.78. The van der Waals surface area contributed by atoms with Gasteiger partial charge in [0, 0.05) is 23.7 Å². The fraction of sp³-hybridized carbons (Fsp3) is 0.800. The molecule has 0 amide bonds. The van der Waals surface area contributed by atoms with Crippen molar-refractivity contribution in [2.45, 2.75) is 91.2 Å². The van der Waals surface area contributed by atoms with E-state index in [2.05, 4.69) is 38.1 Å². The predicted octanol–water partition coefficient (Wildman–Crippen LogP) is 5.69. The summed E-state index contributed by atoms with van der Waals surface area (Å²) in [5.74, 6) is 3.33. The summed E-state index contributed by atoms with van der Waals surface area (Å²) in [6, 6.07) is 0. The topological polar surface area (TPSA) is 38.0 Å². The minimum absolute atomic E-state index is 0.0750. The third kappa shape index (κ3) is 2.68. The van der Waals surface area contributed by atoms with Crippen molar-refractivity contribution in [2.24, 2.45) is 34.5 Å². The first-order valence-corrected chi connectivity index (χ1v) is 11.9. The second kappa shape index (κ2) is 6.72. The van der Waals surface area contributed by atoms with Crippen molar-refractivity contribution < 1.29 is 5.11 Å². The maximum absolute atomic E-state index is 11.4. The van der Waals surface area contributed by atoms with Crippen molar-refractivity contribution in [1.82, 2.24) is 9.78 Å². The van der Waals surface area contributed by atoms with Gasteiger partial charge < -0.3 is 5.11 Å². The second-order valence-corrected chi connectivity index (χ2v) is 10.9. The first-order chi connectivity index (χ1) is 13.5. The van der Waals surface area contributed by atoms with Gasteiger partial charge in [0.25, 0.3) is 0 Å². The number of hydrogen-bond acceptors (Lipinski definition) is 2. The minimum Gasteiger partial charge on any atom is -0.388 e. The Labute approximate surface area is 170 Å². The zero-order chi connectivity index (χ0) is 19.5. The van der Waals surface area contributed by atoms with Crippen LogP contribution in [0.5, 0.6) is 0 Å². The molecule has 154 valence electrons. The standard InChI is InChI=1S/C25H38N2O/c1-4-27-16-17(15-26-27)13-18-14-22-20-9-8-19-7-5-6-11-24(19,2)21(20)10-12-25(22,3)23(18)28/h13,15-16,19-23,28H,4-12,14H2,1-3H3/b18-13-. The van der Waals surface area contributed by atoms with Crippen molar-refractivity contribution in [3.63, 3.8) is 0 Å². The van der Waals surface area contributed by atoms with Crippen LogP contribution in [0.25, 0.3) is 6.08 Å². The minimum atomic E-state index is -0.277. The lowest BCUT2D eigenvalue weighted by Crippen LogP contribution is -2.53. The number of aliphatic hydroxyl groups excluding tert-OH is 1. The van der Waals surface area contributed by atoms with Crippen LogP contribution in [-0.2, 0) is 6.54 Å². The zero-order valence-electron chi connectivity index (χ0n) is 18.0. The summed E-state index contributed by atoms with van der Waals surface area (Å²) in [5.41, 5.74) is 3.06. The molecule has 7 atom stereocenters. The van der Waals surface area contributed by atoms with E-state index in [0.717, 1.165) is 36.3 Å². The smallest absolute Gasteiger partial charge is 0.0809 e. The lowest BCUT2D eigenvalue weighted by atomic mass is 9.45. The molecule has 0 spiro atoms. The SMILES string of the molecule is CCn1cc(/C=C2/CC3C4CCC5CCCCC5(C)C4CCC3(C)C2O)cn1. The van der Waals surface area contributed by atoms with Crippen LogP contribution in [0.15, 0.2) is 18.0 Å². The Morgan fingerprint density at radius 2 is 1.96 bits per heavy atom. The van der Waals surface area contributed by atoms with Crippen LogP contribution in [0, 0.1) is 34.5 Å². The van der Waals surface area contributed by atoms with Gasteiger partial charge >= 0.3 is 0 Å². The molecule has 3 nitrogen and oxygen atoms in total. The van der Waals surface area contributed by atoms with Crippen LogP contribution < -0.4 is 0 Å². The highest BCUT2D eigenvalue weighted by Crippen LogP contribution is 2.67. The largest absolute Gasteiger partial charge is 0.388 e. The first-order valence-electron chi connectivity index (χ1n) is 11.9. The first kappa shape index (κ1) is 18.9. The van der Waals surface area contributed by atoms with Gasteiger partial charge in [-0.1, -0.05) is 32.8 Å². The zero-order valence-corrected chi connectivity index (χ0v) is 18.0. The van der Waals surface area contributed by atoms with E-state index in [-0.39, 0.29) is 11.5 Å². The Hall–Kier alpha value is -1.09. The highest BCUT2D eigenvalue weighted by atomic mass is 16.3. The molecule has 4 saturated carbocycles. The lowest BCUT2D eigenvalue weighted by molar-refractivity contribution is -0.119. The van der Waals surface area contributed by atoms with Crippen molar-refractivity contribution in [1.29, 1.82) is 0 Å². The molecule has 0 radical (unpaired) electrons. The Morgan fingerprint density at radius 1 is 1.11 bits per heavy atom. The second-order valence-electron chi connectivity index (χ2n) is 10.9. The number of aliphatic hydroxyl groups is 1. The molecule has 4 aliphatic carbocycles. The number of fused-ring (bicyclic) bond motifs is 5. The van der Waals surface area contributed by atoms with E-state index in [1.807, 2.05) is 10.9 Å². The molecule has 0 aromatic carbocycles. The predicted molar refractivity (Wildman–Crippen MR) is 114 cm³/mol. The maximum Gasteiger partial charge on any atom is 0.0809 e. The van der Waals surface area contributed by atoms with Gasteiger partial charge in [-0.25, -0.2) is 0 Å². The van der Waals surface area contributed by atoms with Crippen LogP contribution in [0.1, 0.15) is 84.1 Å². The average Bonchev–Trinajstić information content (AvgIpc) is 3.25. The van der Waals surface area contributed by atoms with Gasteiger partial charge in [0.05, 0.1) is 12.3 Å². The molecule has 1 heterocycles. The number of aromatic nitrogens is 2. The van der Waals surface area contributed by atoms with Gasteiger partial charge in [0.1, 0.15) is 0 Å². The Balaban J connectivity index is 1.44. The third-order valence-electron chi connectivity index (χ3n) is 9.78. The van der Waals surface area contributed by atoms with Crippen molar-refractivity contribution in [3.8, 4) is 0 Å². The van der Waals surface area contributed by atoms with E-state index in [4.69, 9.17) is 0 Å². The quantitative estimate of drug-likeness (QED) is 0.713. The van der Waals surface area contributed by atoms with Crippen molar-refractivity contribution in [3.05, 3.63) is 23.5 Å². The van der Waals surface area contributed by atoms with Gasteiger partial charge in [-0.2, -0.15) is 5.10 Å². The van der Waals surface area contributed by atoms with Crippen LogP contribution >= 0.6 is 0 Å². The van der Waals surface area contributed by atoms with E-state index in [0.29, 0.717) is 11.3 Å². The average molecular weight is 383 g/mol. The molecule has 0 aliphatic heterocycles. The molecule has 28 heavy (non-hydrogen) atoms. The van der Waals surface area contributed by atoms with Crippen LogP contribution in [-0.4, -0.2) is 21.0 Å². The maximum atomic E-state index is 11.4. The summed E-state index contributed by atoms with van der Waals surface area (Å²) in [6.07, 6.45) is 18.3. The summed E-state index contributed by atoms with van der Waals surface area (Å²) in [7, 11) is 0. The normalized spacial score (nSPS) is 46.9. The number of nitrogens with zero attached hydrogens (tertiary/aromatic N) is 2. The highest BCUT2D eigenvalue weighted by molar-refractivity contribution is 5.54. The molecule has 7 unspecified atom stereocenters. The number of aryl methyl sites for hydroxylation is 1. The van der Waals surface area contributed by atoms with Gasteiger partial charge in [-0.05, 0) is 86.5 Å². The van der Waals surface area contributed by atoms with Crippen LogP contribution in [0.2, 0.25) is 0 Å². The molecule has 4 fully saturated rings. The van der Waals surface area contributed by atoms with E-state index < -0.39 is 0 Å². The van der Waals surface area contributed by atoms with Gasteiger partial charge in [-0.15, -0.1) is 0 Å². The molecular weight excluding hydrogens is 344 g/mol. The summed E-state index contributed by atoms with van der Waals surface area (Å²) >= 11 is 0. The molecule has 1 N–H and O–H groups in total. The Morgan fingerprint density at radius 3 is 2.75 bits per heavy atom. The molecule has 5 rings (SSSR count). The van der Waals surface area contributed by atoms with Crippen LogP contribution in [0.3, 0.4) is 0 Å². The molecule has 1 aromatic heterocycles. The molecule has 4 aliphatic rings. The summed E-state index contributed by atoms with van der Waals surface area (Å²) < 4.78 is 1.98. The van der Waals surface area contributed by atoms with Gasteiger partial charge in [-0.3, -0.25) is 4.68 Å². The number of rotatable bonds is 2. The van der Waals surface area contributed by atoms with E-state index >= 15 is 0 Å². The lowest BCUT2D eigenvalue weighted by Gasteiger charge is -2.60. The molecule has 3 heteroatoms. The van der Waals surface area contributed by atoms with E-state index in [1.165, 1.54) is 56.9 Å². The monoisotopic (exact) mass is 382 g/mol. The highest BCUT2D eigenvalue weighted by Gasteiger charge is 2.60. The Bertz CT molecular complexity index is 766. The fourth-order valence-electron chi connectivity index (χ4n) is 8.14. The van der Waals surface area contributed by atoms with E-state index in [1.54, 1.807) is 0 Å². The summed E-state index contributed by atoms with van der Waals surface area (Å²) in [4.78, 5) is 0. The molecule has 0 saturated heterocycles. The molecule has 1 aromatic rings. The molecule has 0 bridgehead atoms.